The molecule has 3 rings (SSSR count). The highest BCUT2D eigenvalue weighted by Gasteiger charge is 2.28. The summed E-state index contributed by atoms with van der Waals surface area (Å²) in [6.07, 6.45) is 1.33. The second-order valence-corrected chi connectivity index (χ2v) is 8.93. The zero-order chi connectivity index (χ0) is 20.9. The number of aromatic nitrogens is 1. The molecule has 156 valence electrons. The third-order valence-electron chi connectivity index (χ3n) is 4.22. The standard InChI is InChI=1S/C18H19F2N3O4S2/c19-18(20)28-17-14(5-3-7-21-17)16(24)22-12-13-4-1-2-6-15(13)29(25,26)23-8-10-27-11-9-23/h1-7,18H,8-12H2,(H,22,24). The van der Waals surface area contributed by atoms with E-state index in [1.165, 1.54) is 28.7 Å². The molecule has 1 aromatic carbocycles. The van der Waals surface area contributed by atoms with Gasteiger partial charge in [0.1, 0.15) is 5.03 Å². The van der Waals surface area contributed by atoms with Crippen molar-refractivity contribution in [2.24, 2.45) is 0 Å². The minimum absolute atomic E-state index is 0.00585. The quantitative estimate of drug-likeness (QED) is 0.661. The van der Waals surface area contributed by atoms with Crippen LogP contribution in [-0.4, -0.2) is 55.7 Å². The number of hydrogen-bond donors (Lipinski definition) is 1. The normalized spacial score (nSPS) is 15.4. The smallest absolute Gasteiger partial charge is 0.290 e. The van der Waals surface area contributed by atoms with Gasteiger partial charge in [0.15, 0.2) is 0 Å². The number of carbonyl (C=O) groups is 1. The summed E-state index contributed by atoms with van der Waals surface area (Å²) >= 11 is 0.182. The molecule has 1 aliphatic heterocycles. The van der Waals surface area contributed by atoms with Gasteiger partial charge in [0, 0.05) is 25.8 Å². The fourth-order valence-electron chi connectivity index (χ4n) is 2.84. The number of hydrogen-bond acceptors (Lipinski definition) is 6. The van der Waals surface area contributed by atoms with Crippen LogP contribution in [0.25, 0.3) is 0 Å². The summed E-state index contributed by atoms with van der Waals surface area (Å²) in [6.45, 7) is 1.08. The largest absolute Gasteiger partial charge is 0.379 e. The molecule has 1 amide bonds. The first-order chi connectivity index (χ1) is 13.9. The van der Waals surface area contributed by atoms with E-state index in [1.807, 2.05) is 0 Å². The van der Waals surface area contributed by atoms with Gasteiger partial charge in [0.2, 0.25) is 10.0 Å². The van der Waals surface area contributed by atoms with Crippen LogP contribution >= 0.6 is 11.8 Å². The Hall–Kier alpha value is -2.08. The lowest BCUT2D eigenvalue weighted by molar-refractivity contribution is 0.0730. The first kappa shape index (κ1) is 21.6. The molecule has 11 heteroatoms. The first-order valence-corrected chi connectivity index (χ1v) is 11.1. The van der Waals surface area contributed by atoms with Crippen LogP contribution in [0.5, 0.6) is 0 Å². The van der Waals surface area contributed by atoms with Gasteiger partial charge in [-0.15, -0.1) is 0 Å². The maximum Gasteiger partial charge on any atom is 0.290 e. The highest BCUT2D eigenvalue weighted by molar-refractivity contribution is 7.99. The average Bonchev–Trinajstić information content (AvgIpc) is 2.73. The molecule has 1 aliphatic rings. The molecule has 0 aliphatic carbocycles. The summed E-state index contributed by atoms with van der Waals surface area (Å²) in [6, 6.07) is 9.23. The van der Waals surface area contributed by atoms with Crippen LogP contribution in [0.3, 0.4) is 0 Å². The average molecular weight is 443 g/mol. The molecule has 1 saturated heterocycles. The second kappa shape index (κ2) is 9.61. The number of pyridine rings is 1. The third kappa shape index (κ3) is 5.30. The summed E-state index contributed by atoms with van der Waals surface area (Å²) in [4.78, 5) is 16.4. The molecule has 2 aromatic rings. The summed E-state index contributed by atoms with van der Waals surface area (Å²) in [5, 5.41) is 2.51. The predicted octanol–water partition coefficient (Wildman–Crippen LogP) is 2.35. The van der Waals surface area contributed by atoms with Gasteiger partial charge >= 0.3 is 0 Å². The Labute approximate surface area is 171 Å². The van der Waals surface area contributed by atoms with Gasteiger partial charge in [0.05, 0.1) is 23.7 Å². The lowest BCUT2D eigenvalue weighted by Gasteiger charge is -2.27. The molecular weight excluding hydrogens is 424 g/mol. The van der Waals surface area contributed by atoms with E-state index in [1.54, 1.807) is 18.2 Å². The molecule has 0 radical (unpaired) electrons. The van der Waals surface area contributed by atoms with Crippen LogP contribution in [0, 0.1) is 0 Å². The predicted molar refractivity (Wildman–Crippen MR) is 103 cm³/mol. The van der Waals surface area contributed by atoms with Crippen molar-refractivity contribution in [3.63, 3.8) is 0 Å². The SMILES string of the molecule is O=C(NCc1ccccc1S(=O)(=O)N1CCOCC1)c1cccnc1SC(F)F. The van der Waals surface area contributed by atoms with E-state index in [4.69, 9.17) is 4.74 Å². The zero-order valence-corrected chi connectivity index (χ0v) is 16.9. The second-order valence-electron chi connectivity index (χ2n) is 6.04. The van der Waals surface area contributed by atoms with Crippen molar-refractivity contribution >= 4 is 27.7 Å². The van der Waals surface area contributed by atoms with Gasteiger partial charge in [-0.2, -0.15) is 13.1 Å². The molecule has 7 nitrogen and oxygen atoms in total. The van der Waals surface area contributed by atoms with E-state index in [-0.39, 0.29) is 46.9 Å². The Kier molecular flexibility index (Phi) is 7.17. The van der Waals surface area contributed by atoms with E-state index in [9.17, 15) is 22.0 Å². The lowest BCUT2D eigenvalue weighted by atomic mass is 10.2. The van der Waals surface area contributed by atoms with Crippen molar-refractivity contribution in [1.29, 1.82) is 0 Å². The number of nitrogens with one attached hydrogen (secondary N) is 1. The van der Waals surface area contributed by atoms with Gasteiger partial charge in [-0.3, -0.25) is 4.79 Å². The number of rotatable bonds is 7. The fourth-order valence-corrected chi connectivity index (χ4v) is 5.05. The van der Waals surface area contributed by atoms with Crippen LogP contribution in [0.2, 0.25) is 0 Å². The van der Waals surface area contributed by atoms with E-state index in [2.05, 4.69) is 10.3 Å². The highest BCUT2D eigenvalue weighted by atomic mass is 32.2. The van der Waals surface area contributed by atoms with Gasteiger partial charge < -0.3 is 10.1 Å². The number of sulfonamides is 1. The fraction of sp³-hybridized carbons (Fsp3) is 0.333. The zero-order valence-electron chi connectivity index (χ0n) is 15.3. The minimum Gasteiger partial charge on any atom is -0.379 e. The number of benzene rings is 1. The maximum absolute atomic E-state index is 13.0. The molecule has 0 spiro atoms. The number of amides is 1. The van der Waals surface area contributed by atoms with E-state index in [0.717, 1.165) is 0 Å². The van der Waals surface area contributed by atoms with E-state index >= 15 is 0 Å². The molecule has 1 N–H and O–H groups in total. The lowest BCUT2D eigenvalue weighted by Crippen LogP contribution is -2.41. The summed E-state index contributed by atoms with van der Waals surface area (Å²) in [5.41, 5.74) is 0.408. The maximum atomic E-state index is 13.0. The molecule has 0 atom stereocenters. The molecule has 2 heterocycles. The van der Waals surface area contributed by atoms with E-state index in [0.29, 0.717) is 18.8 Å². The van der Waals surface area contributed by atoms with Crippen molar-refractivity contribution in [2.45, 2.75) is 22.2 Å². The number of alkyl halides is 2. The van der Waals surface area contributed by atoms with Gasteiger partial charge in [0.25, 0.3) is 11.7 Å². The van der Waals surface area contributed by atoms with Crippen LogP contribution in [-0.2, 0) is 21.3 Å². The molecule has 0 saturated carbocycles. The Morgan fingerprint density at radius 3 is 2.66 bits per heavy atom. The van der Waals surface area contributed by atoms with Gasteiger partial charge in [-0.1, -0.05) is 18.2 Å². The van der Waals surface area contributed by atoms with Crippen LogP contribution in [0.1, 0.15) is 15.9 Å². The Morgan fingerprint density at radius 2 is 1.93 bits per heavy atom. The third-order valence-corrected chi connectivity index (χ3v) is 6.94. The summed E-state index contributed by atoms with van der Waals surface area (Å²) in [5.74, 6) is -3.32. The number of halogens is 2. The van der Waals surface area contributed by atoms with E-state index < -0.39 is 21.7 Å². The molecule has 0 bridgehead atoms. The first-order valence-electron chi connectivity index (χ1n) is 8.73. The molecular formula is C18H19F2N3O4S2. The number of morpholine rings is 1. The number of ether oxygens (including phenoxy) is 1. The van der Waals surface area contributed by atoms with Crippen molar-refractivity contribution < 1.29 is 26.7 Å². The minimum atomic E-state index is -3.74. The topological polar surface area (TPSA) is 88.6 Å². The summed E-state index contributed by atoms with van der Waals surface area (Å²) < 4.78 is 57.8. The van der Waals surface area contributed by atoms with Crippen molar-refractivity contribution in [3.05, 3.63) is 53.7 Å². The number of nitrogens with zero attached hydrogens (tertiary/aromatic N) is 2. The van der Waals surface area contributed by atoms with Crippen molar-refractivity contribution in [3.8, 4) is 0 Å². The number of thioether (sulfide) groups is 1. The Balaban J connectivity index is 1.78. The van der Waals surface area contributed by atoms with Crippen LogP contribution in [0.4, 0.5) is 8.78 Å². The monoisotopic (exact) mass is 443 g/mol. The van der Waals surface area contributed by atoms with Crippen molar-refractivity contribution in [2.75, 3.05) is 26.3 Å². The Morgan fingerprint density at radius 1 is 1.21 bits per heavy atom. The molecule has 1 aromatic heterocycles. The van der Waals surface area contributed by atoms with Gasteiger partial charge in [-0.25, -0.2) is 13.4 Å². The molecule has 29 heavy (non-hydrogen) atoms. The van der Waals surface area contributed by atoms with Gasteiger partial charge in [-0.05, 0) is 35.5 Å². The van der Waals surface area contributed by atoms with Crippen LogP contribution in [0.15, 0.2) is 52.5 Å². The highest BCUT2D eigenvalue weighted by Crippen LogP contribution is 2.26. The summed E-state index contributed by atoms with van der Waals surface area (Å²) in [7, 11) is -3.74. The van der Waals surface area contributed by atoms with Crippen molar-refractivity contribution in [1.82, 2.24) is 14.6 Å². The Bertz CT molecular complexity index is 967. The molecule has 1 fully saturated rings. The number of carbonyl (C=O) groups excluding carboxylic acids is 1. The molecule has 0 unspecified atom stereocenters. The van der Waals surface area contributed by atoms with Crippen LogP contribution < -0.4 is 5.32 Å².